The minimum absolute atomic E-state index is 0.0240. The third kappa shape index (κ3) is 2.49. The van der Waals surface area contributed by atoms with Gasteiger partial charge in [0.1, 0.15) is 0 Å². The smallest absolute Gasteiger partial charge is 0.257 e. The first-order valence-corrected chi connectivity index (χ1v) is 7.46. The Balaban J connectivity index is 1.83. The zero-order valence-electron chi connectivity index (χ0n) is 12.1. The quantitative estimate of drug-likeness (QED) is 0.854. The molecule has 0 bridgehead atoms. The van der Waals surface area contributed by atoms with Crippen LogP contribution in [0.5, 0.6) is 5.75 Å². The largest absolute Gasteiger partial charge is 0.491 e. The van der Waals surface area contributed by atoms with Crippen LogP contribution in [-0.4, -0.2) is 24.5 Å². The molecule has 0 atom stereocenters. The van der Waals surface area contributed by atoms with Gasteiger partial charge in [-0.15, -0.1) is 0 Å². The number of halogens is 2. The Morgan fingerprint density at radius 1 is 1.29 bits per heavy atom. The fourth-order valence-corrected chi connectivity index (χ4v) is 3.46. The van der Waals surface area contributed by atoms with E-state index >= 15 is 0 Å². The highest BCUT2D eigenvalue weighted by Crippen LogP contribution is 2.34. The molecule has 1 fully saturated rings. The maximum absolute atomic E-state index is 14.2. The minimum Gasteiger partial charge on any atom is -0.491 e. The van der Waals surface area contributed by atoms with Gasteiger partial charge >= 0.3 is 0 Å². The highest BCUT2D eigenvalue weighted by Gasteiger charge is 2.35. The summed E-state index contributed by atoms with van der Waals surface area (Å²) in [7, 11) is 1.20. The molecule has 0 N–H and O–H groups in total. The summed E-state index contributed by atoms with van der Waals surface area (Å²) in [6.07, 6.45) is 5.86. The SMILES string of the molecule is COc1c(F)cc2c(c1F)C(=O)N(CC1CCCCC1)C2. The number of carbonyl (C=O) groups is 1. The van der Waals surface area contributed by atoms with Crippen molar-refractivity contribution in [3.63, 3.8) is 0 Å². The average Bonchev–Trinajstić information content (AvgIpc) is 2.77. The number of hydrogen-bond acceptors (Lipinski definition) is 2. The van der Waals surface area contributed by atoms with E-state index in [0.717, 1.165) is 12.8 Å². The number of hydrogen-bond donors (Lipinski definition) is 0. The molecular weight excluding hydrogens is 276 g/mol. The summed E-state index contributed by atoms with van der Waals surface area (Å²) >= 11 is 0. The molecule has 1 aromatic rings. The van der Waals surface area contributed by atoms with Crippen molar-refractivity contribution in [2.24, 2.45) is 5.92 Å². The van der Waals surface area contributed by atoms with Crippen LogP contribution in [0.2, 0.25) is 0 Å². The standard InChI is InChI=1S/C16H19F2NO2/c1-21-15-12(17)7-11-9-19(16(20)13(11)14(15)18)8-10-5-3-2-4-6-10/h7,10H,2-6,8-9H2,1H3. The van der Waals surface area contributed by atoms with Gasteiger partial charge in [0.25, 0.3) is 5.91 Å². The van der Waals surface area contributed by atoms with Crippen LogP contribution in [0.15, 0.2) is 6.07 Å². The molecule has 5 heteroatoms. The van der Waals surface area contributed by atoms with Gasteiger partial charge < -0.3 is 9.64 Å². The van der Waals surface area contributed by atoms with E-state index in [-0.39, 0.29) is 11.5 Å². The lowest BCUT2D eigenvalue weighted by atomic mass is 9.89. The molecule has 1 aromatic carbocycles. The molecule has 3 nitrogen and oxygen atoms in total. The zero-order valence-corrected chi connectivity index (χ0v) is 12.1. The van der Waals surface area contributed by atoms with E-state index in [1.54, 1.807) is 4.90 Å². The summed E-state index contributed by atoms with van der Waals surface area (Å²) in [5.74, 6) is -1.95. The summed E-state index contributed by atoms with van der Waals surface area (Å²) in [6.45, 7) is 0.930. The number of nitrogens with zero attached hydrogens (tertiary/aromatic N) is 1. The van der Waals surface area contributed by atoms with Gasteiger partial charge in [-0.1, -0.05) is 19.3 Å². The fraction of sp³-hybridized carbons (Fsp3) is 0.562. The number of ether oxygens (including phenoxy) is 1. The highest BCUT2D eigenvalue weighted by atomic mass is 19.1. The van der Waals surface area contributed by atoms with Gasteiger partial charge in [0, 0.05) is 13.1 Å². The van der Waals surface area contributed by atoms with Crippen LogP contribution in [0.1, 0.15) is 48.0 Å². The van der Waals surface area contributed by atoms with E-state index in [9.17, 15) is 13.6 Å². The first-order valence-electron chi connectivity index (χ1n) is 7.46. The zero-order chi connectivity index (χ0) is 15.0. The summed E-state index contributed by atoms with van der Waals surface area (Å²) in [5.41, 5.74) is 0.399. The second-order valence-electron chi connectivity index (χ2n) is 5.93. The molecule has 21 heavy (non-hydrogen) atoms. The normalized spacial score (nSPS) is 19.0. The topological polar surface area (TPSA) is 29.5 Å². The summed E-state index contributed by atoms with van der Waals surface area (Å²) in [6, 6.07) is 1.22. The van der Waals surface area contributed by atoms with E-state index in [0.29, 0.717) is 24.6 Å². The van der Waals surface area contributed by atoms with Crippen LogP contribution in [0.3, 0.4) is 0 Å². The van der Waals surface area contributed by atoms with E-state index in [1.807, 2.05) is 0 Å². The van der Waals surface area contributed by atoms with Gasteiger partial charge in [-0.25, -0.2) is 8.78 Å². The molecule has 2 aliphatic rings. The molecule has 0 radical (unpaired) electrons. The molecule has 0 unspecified atom stereocenters. The molecule has 1 heterocycles. The number of amides is 1. The Morgan fingerprint density at radius 3 is 2.67 bits per heavy atom. The van der Waals surface area contributed by atoms with Crippen LogP contribution >= 0.6 is 0 Å². The fourth-order valence-electron chi connectivity index (χ4n) is 3.46. The van der Waals surface area contributed by atoms with E-state index in [4.69, 9.17) is 4.74 Å². The minimum atomic E-state index is -0.872. The lowest BCUT2D eigenvalue weighted by molar-refractivity contribution is 0.0734. The lowest BCUT2D eigenvalue weighted by Gasteiger charge is -2.26. The van der Waals surface area contributed by atoms with Crippen LogP contribution in [0.4, 0.5) is 8.78 Å². The van der Waals surface area contributed by atoms with Gasteiger partial charge in [-0.2, -0.15) is 0 Å². The van der Waals surface area contributed by atoms with Crippen molar-refractivity contribution in [1.29, 1.82) is 0 Å². The number of carbonyl (C=O) groups excluding carboxylic acids is 1. The van der Waals surface area contributed by atoms with Crippen LogP contribution < -0.4 is 4.74 Å². The van der Waals surface area contributed by atoms with Crippen molar-refractivity contribution >= 4 is 5.91 Å². The maximum atomic E-state index is 14.2. The number of rotatable bonds is 3. The highest BCUT2D eigenvalue weighted by molar-refractivity contribution is 5.99. The predicted molar refractivity (Wildman–Crippen MR) is 74.2 cm³/mol. The lowest BCUT2D eigenvalue weighted by Crippen LogP contribution is -2.31. The Morgan fingerprint density at radius 2 is 2.00 bits per heavy atom. The maximum Gasteiger partial charge on any atom is 0.257 e. The molecule has 1 aliphatic heterocycles. The molecule has 1 amide bonds. The first-order chi connectivity index (χ1) is 10.1. The molecular formula is C16H19F2NO2. The van der Waals surface area contributed by atoms with Crippen LogP contribution in [0, 0.1) is 17.6 Å². The van der Waals surface area contributed by atoms with E-state index in [1.165, 1.54) is 32.4 Å². The predicted octanol–water partition coefficient (Wildman–Crippen LogP) is 3.51. The summed E-state index contributed by atoms with van der Waals surface area (Å²) in [4.78, 5) is 14.0. The third-order valence-corrected chi connectivity index (χ3v) is 4.53. The van der Waals surface area contributed by atoms with Gasteiger partial charge in [-0.3, -0.25) is 4.79 Å². The molecule has 0 spiro atoms. The van der Waals surface area contributed by atoms with Crippen molar-refractivity contribution in [2.75, 3.05) is 13.7 Å². The monoisotopic (exact) mass is 295 g/mol. The van der Waals surface area contributed by atoms with Gasteiger partial charge in [-0.05, 0) is 30.4 Å². The van der Waals surface area contributed by atoms with Crippen molar-refractivity contribution < 1.29 is 18.3 Å². The second-order valence-corrected chi connectivity index (χ2v) is 5.93. The van der Waals surface area contributed by atoms with Gasteiger partial charge in [0.2, 0.25) is 0 Å². The van der Waals surface area contributed by atoms with E-state index in [2.05, 4.69) is 0 Å². The summed E-state index contributed by atoms with van der Waals surface area (Å²) in [5, 5.41) is 0. The van der Waals surface area contributed by atoms with Gasteiger partial charge in [0.15, 0.2) is 17.4 Å². The Hall–Kier alpha value is -1.65. The molecule has 114 valence electrons. The average molecular weight is 295 g/mol. The van der Waals surface area contributed by atoms with Crippen molar-refractivity contribution in [3.8, 4) is 5.75 Å². The Bertz CT molecular complexity index is 568. The van der Waals surface area contributed by atoms with Crippen LogP contribution in [-0.2, 0) is 6.54 Å². The number of fused-ring (bicyclic) bond motifs is 1. The first kappa shape index (κ1) is 14.3. The Labute approximate surface area is 122 Å². The van der Waals surface area contributed by atoms with E-state index < -0.39 is 17.4 Å². The summed E-state index contributed by atoms with van der Waals surface area (Å²) < 4.78 is 32.7. The van der Waals surface area contributed by atoms with Crippen LogP contribution in [0.25, 0.3) is 0 Å². The third-order valence-electron chi connectivity index (χ3n) is 4.53. The van der Waals surface area contributed by atoms with Crippen molar-refractivity contribution in [1.82, 2.24) is 4.90 Å². The molecule has 3 rings (SSSR count). The van der Waals surface area contributed by atoms with Crippen molar-refractivity contribution in [2.45, 2.75) is 38.6 Å². The molecule has 0 saturated heterocycles. The van der Waals surface area contributed by atoms with Crippen molar-refractivity contribution in [3.05, 3.63) is 28.8 Å². The second kappa shape index (κ2) is 5.62. The molecule has 1 aliphatic carbocycles. The molecule has 0 aromatic heterocycles. The number of benzene rings is 1. The van der Waals surface area contributed by atoms with Gasteiger partial charge in [0.05, 0.1) is 12.7 Å². The number of methoxy groups -OCH3 is 1. The Kier molecular flexibility index (Phi) is 3.83. The molecule has 1 saturated carbocycles.